The SMILES string of the molecule is CCN(/N=C(\Cl)C(=O)OC(C)(C)C)c1ccc(Cl)cc1. The molecular formula is C14H18Cl2N2O2. The van der Waals surface area contributed by atoms with Crippen molar-refractivity contribution in [3.63, 3.8) is 0 Å². The Kier molecular flexibility index (Phi) is 5.84. The maximum atomic E-state index is 11.8. The van der Waals surface area contributed by atoms with E-state index in [4.69, 9.17) is 27.9 Å². The van der Waals surface area contributed by atoms with Crippen LogP contribution in [-0.2, 0) is 9.53 Å². The van der Waals surface area contributed by atoms with Gasteiger partial charge < -0.3 is 4.74 Å². The van der Waals surface area contributed by atoms with Crippen LogP contribution in [0.4, 0.5) is 5.69 Å². The predicted octanol–water partition coefficient (Wildman–Crippen LogP) is 4.06. The van der Waals surface area contributed by atoms with Crippen molar-refractivity contribution in [1.82, 2.24) is 0 Å². The fourth-order valence-electron chi connectivity index (χ4n) is 1.39. The van der Waals surface area contributed by atoms with E-state index in [9.17, 15) is 4.79 Å². The Morgan fingerprint density at radius 3 is 2.30 bits per heavy atom. The maximum absolute atomic E-state index is 11.8. The Morgan fingerprint density at radius 2 is 1.85 bits per heavy atom. The highest BCUT2D eigenvalue weighted by molar-refractivity contribution is 6.82. The molecule has 1 aromatic carbocycles. The normalized spacial score (nSPS) is 12.2. The van der Waals surface area contributed by atoms with E-state index in [2.05, 4.69) is 5.10 Å². The van der Waals surface area contributed by atoms with E-state index in [1.807, 2.05) is 6.92 Å². The quantitative estimate of drug-likeness (QED) is 0.478. The molecule has 0 radical (unpaired) electrons. The molecule has 0 aliphatic heterocycles. The number of hydrogen-bond donors (Lipinski definition) is 0. The number of halogens is 2. The molecular weight excluding hydrogens is 299 g/mol. The van der Waals surface area contributed by atoms with Gasteiger partial charge in [-0.2, -0.15) is 5.10 Å². The van der Waals surface area contributed by atoms with Crippen molar-refractivity contribution in [2.24, 2.45) is 5.10 Å². The summed E-state index contributed by atoms with van der Waals surface area (Å²) >= 11 is 11.7. The fourth-order valence-corrected chi connectivity index (χ4v) is 1.65. The number of nitrogens with zero attached hydrogens (tertiary/aromatic N) is 2. The zero-order valence-electron chi connectivity index (χ0n) is 12.0. The van der Waals surface area contributed by atoms with Gasteiger partial charge >= 0.3 is 5.97 Å². The molecule has 0 saturated heterocycles. The smallest absolute Gasteiger partial charge is 0.371 e. The molecule has 0 aromatic heterocycles. The lowest BCUT2D eigenvalue weighted by Crippen LogP contribution is -2.28. The number of rotatable bonds is 4. The summed E-state index contributed by atoms with van der Waals surface area (Å²) in [5.74, 6) is -0.647. The lowest BCUT2D eigenvalue weighted by molar-refractivity contribution is -0.145. The van der Waals surface area contributed by atoms with E-state index in [0.29, 0.717) is 11.6 Å². The van der Waals surface area contributed by atoms with Gasteiger partial charge in [0.25, 0.3) is 0 Å². The van der Waals surface area contributed by atoms with Gasteiger partial charge in [0, 0.05) is 11.6 Å². The summed E-state index contributed by atoms with van der Waals surface area (Å²) < 4.78 is 5.15. The molecule has 6 heteroatoms. The number of anilines is 1. The van der Waals surface area contributed by atoms with E-state index >= 15 is 0 Å². The molecule has 0 atom stereocenters. The van der Waals surface area contributed by atoms with E-state index in [-0.39, 0.29) is 5.17 Å². The van der Waals surface area contributed by atoms with Gasteiger partial charge in [-0.05, 0) is 52.0 Å². The van der Waals surface area contributed by atoms with Gasteiger partial charge in [0.05, 0.1) is 5.69 Å². The molecule has 0 aliphatic carbocycles. The van der Waals surface area contributed by atoms with Crippen LogP contribution in [0.3, 0.4) is 0 Å². The summed E-state index contributed by atoms with van der Waals surface area (Å²) in [4.78, 5) is 11.8. The van der Waals surface area contributed by atoms with Gasteiger partial charge in [-0.25, -0.2) is 4.79 Å². The Morgan fingerprint density at radius 1 is 1.30 bits per heavy atom. The molecule has 0 bridgehead atoms. The Labute approximate surface area is 129 Å². The molecule has 0 fully saturated rings. The minimum Gasteiger partial charge on any atom is -0.455 e. The van der Waals surface area contributed by atoms with Gasteiger partial charge in [0.15, 0.2) is 0 Å². The van der Waals surface area contributed by atoms with Crippen LogP contribution in [0.5, 0.6) is 0 Å². The lowest BCUT2D eigenvalue weighted by Gasteiger charge is -2.20. The lowest BCUT2D eigenvalue weighted by atomic mass is 10.2. The number of benzene rings is 1. The summed E-state index contributed by atoms with van der Waals surface area (Å²) in [7, 11) is 0. The summed E-state index contributed by atoms with van der Waals surface area (Å²) in [5.41, 5.74) is 0.183. The van der Waals surface area contributed by atoms with Crippen LogP contribution in [-0.4, -0.2) is 23.3 Å². The molecule has 0 heterocycles. The van der Waals surface area contributed by atoms with Crippen LogP contribution in [0.25, 0.3) is 0 Å². The second-order valence-electron chi connectivity index (χ2n) is 5.08. The van der Waals surface area contributed by atoms with Gasteiger partial charge in [-0.15, -0.1) is 0 Å². The molecule has 0 aliphatic rings. The third-order valence-corrected chi connectivity index (χ3v) is 2.68. The van der Waals surface area contributed by atoms with Crippen molar-refractivity contribution < 1.29 is 9.53 Å². The summed E-state index contributed by atoms with van der Waals surface area (Å²) in [6.45, 7) is 7.77. The topological polar surface area (TPSA) is 41.9 Å². The third kappa shape index (κ3) is 5.39. The largest absolute Gasteiger partial charge is 0.455 e. The average Bonchev–Trinajstić information content (AvgIpc) is 2.34. The van der Waals surface area contributed by atoms with E-state index in [0.717, 1.165) is 5.69 Å². The minimum absolute atomic E-state index is 0.211. The molecule has 0 N–H and O–H groups in total. The Balaban J connectivity index is 2.88. The van der Waals surface area contributed by atoms with Crippen molar-refractivity contribution >= 4 is 40.0 Å². The standard InChI is InChI=1S/C14H18Cl2N2O2/c1-5-18(11-8-6-10(15)7-9-11)17-12(16)13(19)20-14(2,3)4/h6-9H,5H2,1-4H3/b17-12-. The zero-order chi connectivity index (χ0) is 15.3. The van der Waals surface area contributed by atoms with Crippen LogP contribution in [0.1, 0.15) is 27.7 Å². The number of esters is 1. The zero-order valence-corrected chi connectivity index (χ0v) is 13.5. The van der Waals surface area contributed by atoms with Crippen molar-refractivity contribution in [2.45, 2.75) is 33.3 Å². The van der Waals surface area contributed by atoms with Crippen molar-refractivity contribution in [1.29, 1.82) is 0 Å². The van der Waals surface area contributed by atoms with Crippen LogP contribution < -0.4 is 5.01 Å². The third-order valence-electron chi connectivity index (χ3n) is 2.20. The van der Waals surface area contributed by atoms with Crippen molar-refractivity contribution in [3.05, 3.63) is 29.3 Å². The highest BCUT2D eigenvalue weighted by atomic mass is 35.5. The Bertz CT molecular complexity index is 493. The number of hydrazone groups is 1. The second kappa shape index (κ2) is 6.95. The predicted molar refractivity (Wildman–Crippen MR) is 83.6 cm³/mol. The summed E-state index contributed by atoms with van der Waals surface area (Å²) in [6.07, 6.45) is 0. The highest BCUT2D eigenvalue weighted by Gasteiger charge is 2.20. The fraction of sp³-hybridized carbons (Fsp3) is 0.429. The van der Waals surface area contributed by atoms with Crippen LogP contribution in [0, 0.1) is 0 Å². The Hall–Kier alpha value is -1.26. The van der Waals surface area contributed by atoms with Gasteiger partial charge in [0.1, 0.15) is 5.60 Å². The minimum atomic E-state index is -0.647. The van der Waals surface area contributed by atoms with Crippen molar-refractivity contribution in [2.75, 3.05) is 11.6 Å². The second-order valence-corrected chi connectivity index (χ2v) is 5.88. The first-order valence-electron chi connectivity index (χ1n) is 6.23. The molecule has 0 saturated carbocycles. The molecule has 0 spiro atoms. The number of carbonyl (C=O) groups is 1. The molecule has 110 valence electrons. The van der Waals surface area contributed by atoms with Crippen molar-refractivity contribution in [3.8, 4) is 0 Å². The van der Waals surface area contributed by atoms with Crippen LogP contribution in [0.15, 0.2) is 29.4 Å². The monoisotopic (exact) mass is 316 g/mol. The maximum Gasteiger partial charge on any atom is 0.371 e. The summed E-state index contributed by atoms with van der Waals surface area (Å²) in [5, 5.41) is 6.10. The van der Waals surface area contributed by atoms with Gasteiger partial charge in [0.2, 0.25) is 5.17 Å². The van der Waals surface area contributed by atoms with Crippen LogP contribution in [0.2, 0.25) is 5.02 Å². The van der Waals surface area contributed by atoms with Gasteiger partial charge in [-0.3, -0.25) is 5.01 Å². The first kappa shape index (κ1) is 16.8. The number of carbonyl (C=O) groups excluding carboxylic acids is 1. The molecule has 1 rings (SSSR count). The number of hydrogen-bond acceptors (Lipinski definition) is 4. The first-order valence-corrected chi connectivity index (χ1v) is 6.99. The average molecular weight is 317 g/mol. The van der Waals surface area contributed by atoms with Gasteiger partial charge in [-0.1, -0.05) is 23.2 Å². The highest BCUT2D eigenvalue weighted by Crippen LogP contribution is 2.19. The molecule has 0 unspecified atom stereocenters. The molecule has 0 amide bonds. The first-order chi connectivity index (χ1) is 9.23. The molecule has 4 nitrogen and oxygen atoms in total. The molecule has 20 heavy (non-hydrogen) atoms. The van der Waals surface area contributed by atoms with E-state index in [1.165, 1.54) is 0 Å². The van der Waals surface area contributed by atoms with E-state index < -0.39 is 11.6 Å². The van der Waals surface area contributed by atoms with E-state index in [1.54, 1.807) is 50.0 Å². The van der Waals surface area contributed by atoms with Crippen LogP contribution >= 0.6 is 23.2 Å². The molecule has 1 aromatic rings. The number of ether oxygens (including phenoxy) is 1. The summed E-state index contributed by atoms with van der Waals surface area (Å²) in [6, 6.07) is 7.09.